The summed E-state index contributed by atoms with van der Waals surface area (Å²) in [6.07, 6.45) is 0.766. The second-order valence-electron chi connectivity index (χ2n) is 9.75. The fourth-order valence-electron chi connectivity index (χ4n) is 4.10. The van der Waals surface area contributed by atoms with E-state index < -0.39 is 23.9 Å². The lowest BCUT2D eigenvalue weighted by Crippen LogP contribution is -2.53. The number of carbonyl (C=O) groups is 3. The van der Waals surface area contributed by atoms with Crippen molar-refractivity contribution in [3.8, 4) is 5.75 Å². The van der Waals surface area contributed by atoms with Gasteiger partial charge in [-0.25, -0.2) is 0 Å². The minimum Gasteiger partial charge on any atom is -0.513 e. The number of aryl methyl sites for hydroxylation is 2. The number of nitrogens with one attached hydrogen (secondary N) is 4. The van der Waals surface area contributed by atoms with Gasteiger partial charge in [-0.2, -0.15) is 0 Å². The third-order valence-electron chi connectivity index (χ3n) is 6.46. The highest BCUT2D eigenvalue weighted by Gasteiger charge is 2.27. The Bertz CT molecular complexity index is 1100. The minimum atomic E-state index is -1.04. The summed E-state index contributed by atoms with van der Waals surface area (Å²) in [5.74, 6) is -0.315. The Balaban J connectivity index is 1.67. The number of aliphatic hydroxyl groups is 1. The number of amides is 3. The first kappa shape index (κ1) is 28.7. The van der Waals surface area contributed by atoms with Gasteiger partial charge in [0.25, 0.3) is 0 Å². The molecular weight excluding hydrogens is 484 g/mol. The van der Waals surface area contributed by atoms with Gasteiger partial charge in [-0.05, 0) is 48.6 Å². The summed E-state index contributed by atoms with van der Waals surface area (Å²) in [7, 11) is 0. The number of carbonyl (C=O) groups excluding carboxylic acids is 3. The Hall–Kier alpha value is -3.85. The molecule has 0 aliphatic carbocycles. The molecule has 204 valence electrons. The van der Waals surface area contributed by atoms with Crippen molar-refractivity contribution in [2.24, 2.45) is 5.92 Å². The molecule has 2 aromatic carbocycles. The topological polar surface area (TPSA) is 129 Å². The van der Waals surface area contributed by atoms with E-state index in [0.717, 1.165) is 35.5 Å². The van der Waals surface area contributed by atoms with Crippen LogP contribution in [-0.4, -0.2) is 54.6 Å². The number of ether oxygens (including phenoxy) is 1. The predicted molar refractivity (Wildman–Crippen MR) is 146 cm³/mol. The molecule has 1 fully saturated rings. The van der Waals surface area contributed by atoms with Gasteiger partial charge in [-0.1, -0.05) is 43.0 Å². The van der Waals surface area contributed by atoms with Crippen molar-refractivity contribution in [2.75, 3.05) is 19.7 Å². The molecule has 1 aliphatic rings. The molecule has 1 heterocycles. The summed E-state index contributed by atoms with van der Waals surface area (Å²) in [5.41, 5.74) is 2.97. The maximum absolute atomic E-state index is 13.3. The molecule has 9 heteroatoms. The fraction of sp³-hybridized carbons (Fsp3) is 0.414. The van der Waals surface area contributed by atoms with Crippen LogP contribution >= 0.6 is 0 Å². The number of hydrogen-bond acceptors (Lipinski definition) is 6. The normalized spacial score (nSPS) is 14.5. The number of hydrogen-bond donors (Lipinski definition) is 5. The van der Waals surface area contributed by atoms with Crippen LogP contribution in [0.2, 0.25) is 0 Å². The molecule has 0 spiro atoms. The lowest BCUT2D eigenvalue weighted by molar-refractivity contribution is -0.132. The van der Waals surface area contributed by atoms with Gasteiger partial charge < -0.3 is 31.1 Å². The summed E-state index contributed by atoms with van der Waals surface area (Å²) < 4.78 is 5.92. The zero-order chi connectivity index (χ0) is 27.5. The smallest absolute Gasteiger partial charge is 0.243 e. The first-order chi connectivity index (χ1) is 18.2. The molecule has 38 heavy (non-hydrogen) atoms. The first-order valence-electron chi connectivity index (χ1n) is 12.9. The van der Waals surface area contributed by atoms with Crippen molar-refractivity contribution >= 4 is 17.7 Å². The minimum absolute atomic E-state index is 0.151. The first-order valence-corrected chi connectivity index (χ1v) is 12.9. The molecule has 2 aromatic rings. The van der Waals surface area contributed by atoms with Crippen molar-refractivity contribution in [1.82, 2.24) is 21.3 Å². The van der Waals surface area contributed by atoms with Crippen LogP contribution in [-0.2, 0) is 27.3 Å². The van der Waals surface area contributed by atoms with E-state index in [-0.39, 0.29) is 24.6 Å². The van der Waals surface area contributed by atoms with E-state index in [1.54, 1.807) is 0 Å². The molecule has 0 unspecified atom stereocenters. The van der Waals surface area contributed by atoms with Crippen LogP contribution in [0.4, 0.5) is 0 Å². The third kappa shape index (κ3) is 9.23. The van der Waals surface area contributed by atoms with Crippen molar-refractivity contribution < 1.29 is 24.2 Å². The summed E-state index contributed by atoms with van der Waals surface area (Å²) in [6.45, 7) is 9.50. The van der Waals surface area contributed by atoms with Crippen LogP contribution in [0.3, 0.4) is 0 Å². The van der Waals surface area contributed by atoms with Gasteiger partial charge in [-0.15, -0.1) is 0 Å². The van der Waals surface area contributed by atoms with E-state index in [4.69, 9.17) is 4.74 Å². The Morgan fingerprint density at radius 2 is 1.82 bits per heavy atom. The molecule has 3 amide bonds. The Morgan fingerprint density at radius 3 is 2.45 bits per heavy atom. The third-order valence-corrected chi connectivity index (χ3v) is 6.46. The Morgan fingerprint density at radius 1 is 1.08 bits per heavy atom. The van der Waals surface area contributed by atoms with Gasteiger partial charge in [0.15, 0.2) is 0 Å². The van der Waals surface area contributed by atoms with Crippen LogP contribution in [0.15, 0.2) is 60.9 Å². The Kier molecular flexibility index (Phi) is 10.7. The number of aliphatic hydroxyl groups excluding tert-OH is 1. The number of benzene rings is 2. The standard InChI is InChI=1S/C29H38N4O5/c1-19-9-11-25(38-18-23-15-30-16-23)14-24(19)17-31-28(36)26(12-10-22-7-5-4-6-8-22)33-29(37)27(13-20(2)34)32-21(3)35/h4-9,11,14,23,26-27,30,34H,2,10,12-13,15-18H2,1,3H3,(H,31,36)(H,32,35)(H,33,37)/t26-,27-/m0/s1. The average molecular weight is 523 g/mol. The van der Waals surface area contributed by atoms with Crippen LogP contribution in [0, 0.1) is 12.8 Å². The summed E-state index contributed by atoms with van der Waals surface area (Å²) in [5, 5.41) is 21.0. The quantitative estimate of drug-likeness (QED) is 0.242. The zero-order valence-electron chi connectivity index (χ0n) is 22.1. The average Bonchev–Trinajstić information content (AvgIpc) is 2.85. The lowest BCUT2D eigenvalue weighted by Gasteiger charge is -2.27. The Labute approximate surface area is 224 Å². The van der Waals surface area contributed by atoms with Crippen molar-refractivity contribution in [1.29, 1.82) is 0 Å². The van der Waals surface area contributed by atoms with E-state index in [0.29, 0.717) is 25.4 Å². The molecule has 0 radical (unpaired) electrons. The fourth-order valence-corrected chi connectivity index (χ4v) is 4.10. The van der Waals surface area contributed by atoms with Crippen molar-refractivity contribution in [3.05, 3.63) is 77.6 Å². The van der Waals surface area contributed by atoms with Gasteiger partial charge in [0, 0.05) is 38.9 Å². The van der Waals surface area contributed by atoms with Crippen LogP contribution in [0.1, 0.15) is 36.5 Å². The maximum atomic E-state index is 13.3. The molecule has 9 nitrogen and oxygen atoms in total. The highest BCUT2D eigenvalue weighted by atomic mass is 16.5. The molecule has 0 bridgehead atoms. The van der Waals surface area contributed by atoms with E-state index >= 15 is 0 Å². The van der Waals surface area contributed by atoms with Crippen molar-refractivity contribution in [2.45, 2.75) is 51.7 Å². The summed E-state index contributed by atoms with van der Waals surface area (Å²) >= 11 is 0. The van der Waals surface area contributed by atoms with Gasteiger partial charge in [0.2, 0.25) is 17.7 Å². The van der Waals surface area contributed by atoms with Gasteiger partial charge in [0.05, 0.1) is 12.4 Å². The highest BCUT2D eigenvalue weighted by Crippen LogP contribution is 2.19. The monoisotopic (exact) mass is 522 g/mol. The molecule has 3 rings (SSSR count). The van der Waals surface area contributed by atoms with E-state index in [1.807, 2.05) is 55.5 Å². The molecule has 0 aromatic heterocycles. The highest BCUT2D eigenvalue weighted by molar-refractivity contribution is 5.91. The second kappa shape index (κ2) is 14.2. The van der Waals surface area contributed by atoms with Crippen molar-refractivity contribution in [3.63, 3.8) is 0 Å². The van der Waals surface area contributed by atoms with E-state index in [1.165, 1.54) is 6.92 Å². The lowest BCUT2D eigenvalue weighted by atomic mass is 10.0. The largest absolute Gasteiger partial charge is 0.513 e. The summed E-state index contributed by atoms with van der Waals surface area (Å²) in [4.78, 5) is 37.9. The molecule has 5 N–H and O–H groups in total. The SMILES string of the molecule is C=C(O)C[C@H](NC(C)=O)C(=O)N[C@@H](CCc1ccccc1)C(=O)NCc1cc(OCC2CNC2)ccc1C. The maximum Gasteiger partial charge on any atom is 0.243 e. The van der Waals surface area contributed by atoms with Crippen LogP contribution in [0.25, 0.3) is 0 Å². The van der Waals surface area contributed by atoms with Crippen LogP contribution < -0.4 is 26.0 Å². The summed E-state index contributed by atoms with van der Waals surface area (Å²) in [6, 6.07) is 13.6. The molecule has 1 aliphatic heterocycles. The van der Waals surface area contributed by atoms with E-state index in [2.05, 4.69) is 27.8 Å². The molecule has 2 atom stereocenters. The van der Waals surface area contributed by atoms with Crippen LogP contribution in [0.5, 0.6) is 5.75 Å². The zero-order valence-corrected chi connectivity index (χ0v) is 22.1. The predicted octanol–water partition coefficient (Wildman–Crippen LogP) is 2.29. The second-order valence-corrected chi connectivity index (χ2v) is 9.75. The number of rotatable bonds is 14. The molecular formula is C29H38N4O5. The molecule has 0 saturated carbocycles. The van der Waals surface area contributed by atoms with Gasteiger partial charge in [0.1, 0.15) is 17.8 Å². The van der Waals surface area contributed by atoms with Gasteiger partial charge >= 0.3 is 0 Å². The molecule has 1 saturated heterocycles. The van der Waals surface area contributed by atoms with E-state index in [9.17, 15) is 19.5 Å². The van der Waals surface area contributed by atoms with Gasteiger partial charge in [-0.3, -0.25) is 14.4 Å².